The second kappa shape index (κ2) is 4.31. The lowest BCUT2D eigenvalue weighted by atomic mass is 9.74. The molecule has 1 N–H and O–H groups in total. The van der Waals surface area contributed by atoms with E-state index in [1.165, 1.54) is 21.5 Å². The maximum absolute atomic E-state index is 12.1. The Hall–Kier alpha value is -1.88. The van der Waals surface area contributed by atoms with Crippen LogP contribution in [0.2, 0.25) is 0 Å². The van der Waals surface area contributed by atoms with Crippen molar-refractivity contribution in [3.63, 3.8) is 0 Å². The molecule has 1 aliphatic rings. The van der Waals surface area contributed by atoms with Gasteiger partial charge in [0.25, 0.3) is 0 Å². The van der Waals surface area contributed by atoms with Crippen molar-refractivity contribution in [2.24, 2.45) is 0 Å². The lowest BCUT2D eigenvalue weighted by Crippen LogP contribution is -2.27. The summed E-state index contributed by atoms with van der Waals surface area (Å²) in [5, 5.41) is 9.01. The van der Waals surface area contributed by atoms with E-state index >= 15 is 0 Å². The van der Waals surface area contributed by atoms with Gasteiger partial charge in [0, 0.05) is 10.4 Å². The van der Waals surface area contributed by atoms with E-state index in [9.17, 15) is 9.59 Å². The average Bonchev–Trinajstić information content (AvgIpc) is 2.64. The Balaban J connectivity index is 2.30. The molecule has 0 radical (unpaired) electrons. The molecule has 1 aliphatic carbocycles. The first-order valence-corrected chi connectivity index (χ1v) is 7.26. The van der Waals surface area contributed by atoms with Gasteiger partial charge in [-0.15, -0.1) is 0 Å². The highest BCUT2D eigenvalue weighted by Crippen LogP contribution is 2.43. The minimum absolute atomic E-state index is 0.0397. The van der Waals surface area contributed by atoms with Crippen LogP contribution in [0, 0.1) is 0 Å². The van der Waals surface area contributed by atoms with Crippen molar-refractivity contribution in [2.45, 2.75) is 32.2 Å². The summed E-state index contributed by atoms with van der Waals surface area (Å²) in [4.78, 5) is 23.9. The third kappa shape index (κ3) is 1.89. The van der Waals surface area contributed by atoms with Crippen LogP contribution in [0.3, 0.4) is 0 Å². The molecule has 1 heterocycles. The van der Waals surface area contributed by atoms with E-state index in [0.717, 1.165) is 22.6 Å². The summed E-state index contributed by atoms with van der Waals surface area (Å²) in [7, 11) is 0. The number of rotatable bonds is 2. The van der Waals surface area contributed by atoms with Gasteiger partial charge in [-0.1, -0.05) is 49.4 Å². The third-order valence-corrected chi connectivity index (χ3v) is 4.75. The minimum atomic E-state index is -0.991. The number of hydrogen-bond acceptors (Lipinski definition) is 3. The average molecular weight is 289 g/mol. The van der Waals surface area contributed by atoms with Crippen molar-refractivity contribution in [1.29, 1.82) is 0 Å². The third-order valence-electron chi connectivity index (χ3n) is 3.77. The van der Waals surface area contributed by atoms with Gasteiger partial charge >= 0.3 is 10.8 Å². The predicted molar refractivity (Wildman–Crippen MR) is 78.4 cm³/mol. The second-order valence-electron chi connectivity index (χ2n) is 5.73. The summed E-state index contributed by atoms with van der Waals surface area (Å²) < 4.78 is 1.39. The van der Waals surface area contributed by atoms with Gasteiger partial charge in [-0.25, -0.2) is 0 Å². The molecule has 0 bridgehead atoms. The van der Waals surface area contributed by atoms with Gasteiger partial charge in [0.2, 0.25) is 0 Å². The predicted octanol–water partition coefficient (Wildman–Crippen LogP) is 2.50. The molecule has 104 valence electrons. The van der Waals surface area contributed by atoms with Gasteiger partial charge in [0.05, 0.1) is 5.69 Å². The van der Waals surface area contributed by atoms with Crippen molar-refractivity contribution in [3.8, 4) is 11.3 Å². The number of carboxylic acid groups (broad SMARTS) is 1. The molecule has 0 unspecified atom stereocenters. The van der Waals surface area contributed by atoms with Crippen molar-refractivity contribution >= 4 is 17.3 Å². The topological polar surface area (TPSA) is 59.3 Å². The van der Waals surface area contributed by atoms with Crippen molar-refractivity contribution in [2.75, 3.05) is 0 Å². The SMILES string of the molecule is CC1(C)Cc2sc(=O)n(CC(=O)O)c2-c2ccccc21. The number of fused-ring (bicyclic) bond motifs is 3. The first-order chi connectivity index (χ1) is 9.40. The highest BCUT2D eigenvalue weighted by Gasteiger charge is 2.34. The van der Waals surface area contributed by atoms with E-state index in [1.807, 2.05) is 18.2 Å². The van der Waals surface area contributed by atoms with Crippen molar-refractivity contribution < 1.29 is 9.90 Å². The minimum Gasteiger partial charge on any atom is -0.480 e. The highest BCUT2D eigenvalue weighted by atomic mass is 32.1. The second-order valence-corrected chi connectivity index (χ2v) is 6.77. The van der Waals surface area contributed by atoms with Gasteiger partial charge in [0.15, 0.2) is 0 Å². The fraction of sp³-hybridized carbons (Fsp3) is 0.333. The van der Waals surface area contributed by atoms with Crippen LogP contribution >= 0.6 is 11.3 Å². The molecular weight excluding hydrogens is 274 g/mol. The van der Waals surface area contributed by atoms with Crippen molar-refractivity contribution in [1.82, 2.24) is 4.57 Å². The number of aromatic nitrogens is 1. The van der Waals surface area contributed by atoms with E-state index in [0.29, 0.717) is 0 Å². The van der Waals surface area contributed by atoms with E-state index in [4.69, 9.17) is 5.11 Å². The molecule has 0 aliphatic heterocycles. The summed E-state index contributed by atoms with van der Waals surface area (Å²) in [5.74, 6) is -0.991. The molecule has 0 fully saturated rings. The van der Waals surface area contributed by atoms with Crippen LogP contribution in [0.1, 0.15) is 24.3 Å². The molecule has 0 saturated carbocycles. The Morgan fingerprint density at radius 2 is 2.10 bits per heavy atom. The van der Waals surface area contributed by atoms with Crippen LogP contribution in [0.5, 0.6) is 0 Å². The molecule has 5 heteroatoms. The Bertz CT molecular complexity index is 755. The summed E-state index contributed by atoms with van der Waals surface area (Å²) >= 11 is 1.17. The van der Waals surface area contributed by atoms with E-state index < -0.39 is 5.97 Å². The Labute approximate surface area is 120 Å². The zero-order valence-corrected chi connectivity index (χ0v) is 12.2. The molecular formula is C15H15NO3S. The number of benzene rings is 1. The van der Waals surface area contributed by atoms with Gasteiger partial charge < -0.3 is 5.11 Å². The number of thiazole rings is 1. The summed E-state index contributed by atoms with van der Waals surface area (Å²) in [6.45, 7) is 4.03. The standard InChI is InChI=1S/C15H15NO3S/c1-15(2)7-11-13(9-5-3-4-6-10(9)15)16(8-12(17)18)14(19)20-11/h3-6H,7-8H2,1-2H3,(H,17,18). The zero-order chi connectivity index (χ0) is 14.5. The summed E-state index contributed by atoms with van der Waals surface area (Å²) in [6.07, 6.45) is 0.770. The molecule has 4 nitrogen and oxygen atoms in total. The van der Waals surface area contributed by atoms with E-state index in [2.05, 4.69) is 19.9 Å². The van der Waals surface area contributed by atoms with Gasteiger partial charge in [0.1, 0.15) is 6.54 Å². The normalized spacial score (nSPS) is 15.5. The lowest BCUT2D eigenvalue weighted by molar-refractivity contribution is -0.137. The molecule has 0 spiro atoms. The number of hydrogen-bond donors (Lipinski definition) is 1. The Morgan fingerprint density at radius 1 is 1.40 bits per heavy atom. The van der Waals surface area contributed by atoms with E-state index in [-0.39, 0.29) is 16.8 Å². The number of nitrogens with zero attached hydrogens (tertiary/aromatic N) is 1. The smallest absolute Gasteiger partial charge is 0.323 e. The molecule has 20 heavy (non-hydrogen) atoms. The van der Waals surface area contributed by atoms with Crippen LogP contribution in [0.4, 0.5) is 0 Å². The van der Waals surface area contributed by atoms with Crippen LogP contribution in [-0.4, -0.2) is 15.6 Å². The zero-order valence-electron chi connectivity index (χ0n) is 11.3. The Morgan fingerprint density at radius 3 is 2.80 bits per heavy atom. The molecule has 2 aromatic rings. The number of carboxylic acids is 1. The first kappa shape index (κ1) is 13.1. The van der Waals surface area contributed by atoms with Gasteiger partial charge in [-0.3, -0.25) is 14.2 Å². The number of carbonyl (C=O) groups is 1. The van der Waals surface area contributed by atoms with Crippen LogP contribution in [-0.2, 0) is 23.2 Å². The van der Waals surface area contributed by atoms with Gasteiger partial charge in [-0.05, 0) is 17.4 Å². The van der Waals surface area contributed by atoms with Crippen molar-refractivity contribution in [3.05, 3.63) is 44.4 Å². The fourth-order valence-electron chi connectivity index (χ4n) is 2.92. The Kier molecular flexibility index (Phi) is 2.83. The lowest BCUT2D eigenvalue weighted by Gasteiger charge is -2.32. The van der Waals surface area contributed by atoms with Crippen LogP contribution in [0.15, 0.2) is 29.1 Å². The molecule has 1 aromatic heterocycles. The summed E-state index contributed by atoms with van der Waals surface area (Å²) in [5.41, 5.74) is 2.90. The first-order valence-electron chi connectivity index (χ1n) is 6.44. The number of aliphatic carboxylic acids is 1. The van der Waals surface area contributed by atoms with E-state index in [1.54, 1.807) is 0 Å². The maximum Gasteiger partial charge on any atom is 0.323 e. The molecule has 1 aromatic carbocycles. The molecule has 0 atom stereocenters. The quantitative estimate of drug-likeness (QED) is 0.924. The highest BCUT2D eigenvalue weighted by molar-refractivity contribution is 7.09. The summed E-state index contributed by atoms with van der Waals surface area (Å²) in [6, 6.07) is 7.94. The van der Waals surface area contributed by atoms with Crippen LogP contribution < -0.4 is 4.87 Å². The van der Waals surface area contributed by atoms with Gasteiger partial charge in [-0.2, -0.15) is 0 Å². The molecule has 0 amide bonds. The molecule has 3 rings (SSSR count). The monoisotopic (exact) mass is 289 g/mol. The largest absolute Gasteiger partial charge is 0.480 e. The molecule has 0 saturated heterocycles. The van der Waals surface area contributed by atoms with Crippen LogP contribution in [0.25, 0.3) is 11.3 Å². The maximum atomic E-state index is 12.1. The fourth-order valence-corrected chi connectivity index (χ4v) is 4.15.